The van der Waals surface area contributed by atoms with E-state index < -0.39 is 0 Å². The zero-order valence-electron chi connectivity index (χ0n) is 9.57. The summed E-state index contributed by atoms with van der Waals surface area (Å²) < 4.78 is 2.11. The Bertz CT molecular complexity index is 361. The molecule has 0 aliphatic carbocycles. The van der Waals surface area contributed by atoms with Crippen LogP contribution in [0.25, 0.3) is 0 Å². The lowest BCUT2D eigenvalue weighted by Crippen LogP contribution is -2.35. The number of hydrogen-bond acceptors (Lipinski definition) is 3. The van der Waals surface area contributed by atoms with Gasteiger partial charge in [-0.25, -0.2) is 4.98 Å². The van der Waals surface area contributed by atoms with E-state index in [1.54, 1.807) is 0 Å². The summed E-state index contributed by atoms with van der Waals surface area (Å²) in [5.41, 5.74) is 1.19. The molecule has 1 amide bonds. The molecule has 1 aromatic heterocycles. The monoisotopic (exact) mass is 222 g/mol. The summed E-state index contributed by atoms with van der Waals surface area (Å²) in [7, 11) is 0. The maximum atomic E-state index is 11.0. The lowest BCUT2D eigenvalue weighted by Gasteiger charge is -2.11. The van der Waals surface area contributed by atoms with E-state index in [9.17, 15) is 4.79 Å². The largest absolute Gasteiger partial charge is 0.352 e. The Balaban J connectivity index is 1.74. The Morgan fingerprint density at radius 3 is 3.25 bits per heavy atom. The van der Waals surface area contributed by atoms with Crippen molar-refractivity contribution in [1.29, 1.82) is 0 Å². The van der Waals surface area contributed by atoms with Crippen molar-refractivity contribution in [2.45, 2.75) is 38.9 Å². The van der Waals surface area contributed by atoms with Gasteiger partial charge in [0.1, 0.15) is 0 Å². The maximum Gasteiger partial charge on any atom is 0.220 e. The molecule has 5 heteroatoms. The van der Waals surface area contributed by atoms with Crippen LogP contribution in [0.2, 0.25) is 0 Å². The minimum Gasteiger partial charge on any atom is -0.352 e. The second-order valence-corrected chi connectivity index (χ2v) is 4.11. The number of imidazole rings is 1. The third kappa shape index (κ3) is 2.61. The Kier molecular flexibility index (Phi) is 3.56. The summed E-state index contributed by atoms with van der Waals surface area (Å²) in [4.78, 5) is 15.1. The van der Waals surface area contributed by atoms with Gasteiger partial charge >= 0.3 is 0 Å². The van der Waals surface area contributed by atoms with Crippen molar-refractivity contribution in [3.05, 3.63) is 18.2 Å². The summed E-state index contributed by atoms with van der Waals surface area (Å²) in [5.74, 6) is 0.172. The summed E-state index contributed by atoms with van der Waals surface area (Å²) in [6.45, 7) is 4.68. The zero-order valence-corrected chi connectivity index (χ0v) is 9.57. The maximum absolute atomic E-state index is 11.0. The first kappa shape index (κ1) is 11.1. The van der Waals surface area contributed by atoms with Gasteiger partial charge in [-0.2, -0.15) is 0 Å². The highest BCUT2D eigenvalue weighted by Gasteiger charge is 2.19. The van der Waals surface area contributed by atoms with Gasteiger partial charge in [-0.3, -0.25) is 4.79 Å². The van der Waals surface area contributed by atoms with Crippen LogP contribution in [0.15, 0.2) is 12.5 Å². The van der Waals surface area contributed by atoms with Crippen LogP contribution in [-0.4, -0.2) is 28.0 Å². The molecule has 0 radical (unpaired) electrons. The second kappa shape index (κ2) is 5.12. The van der Waals surface area contributed by atoms with E-state index in [4.69, 9.17) is 0 Å². The molecule has 1 aliphatic heterocycles. The number of amides is 1. The fraction of sp³-hybridized carbons (Fsp3) is 0.636. The molecule has 1 aromatic rings. The third-order valence-corrected chi connectivity index (χ3v) is 2.92. The van der Waals surface area contributed by atoms with Gasteiger partial charge in [0.2, 0.25) is 5.91 Å². The molecule has 1 unspecified atom stereocenters. The number of aryl methyl sites for hydroxylation is 1. The van der Waals surface area contributed by atoms with E-state index in [0.29, 0.717) is 12.5 Å². The van der Waals surface area contributed by atoms with Gasteiger partial charge in [0.15, 0.2) is 0 Å². The number of carbonyl (C=O) groups is 1. The van der Waals surface area contributed by atoms with E-state index in [1.807, 2.05) is 12.5 Å². The Morgan fingerprint density at radius 2 is 2.56 bits per heavy atom. The highest BCUT2D eigenvalue weighted by molar-refractivity contribution is 5.78. The number of nitrogens with one attached hydrogen (secondary N) is 2. The van der Waals surface area contributed by atoms with Crippen molar-refractivity contribution in [1.82, 2.24) is 20.2 Å². The number of hydrogen-bond donors (Lipinski definition) is 2. The smallest absolute Gasteiger partial charge is 0.220 e. The van der Waals surface area contributed by atoms with Gasteiger partial charge in [0.05, 0.1) is 12.0 Å². The molecular weight excluding hydrogens is 204 g/mol. The van der Waals surface area contributed by atoms with Crippen LogP contribution in [0.1, 0.15) is 25.5 Å². The highest BCUT2D eigenvalue weighted by atomic mass is 16.1. The number of carbonyl (C=O) groups excluding carboxylic acids is 1. The SMILES string of the molecule is CCn1cncc1CNCC1CCC(=O)N1. The van der Waals surface area contributed by atoms with E-state index in [0.717, 1.165) is 26.1 Å². The molecule has 1 atom stereocenters. The zero-order chi connectivity index (χ0) is 11.4. The van der Waals surface area contributed by atoms with Gasteiger partial charge in [-0.05, 0) is 13.3 Å². The topological polar surface area (TPSA) is 59.0 Å². The molecule has 88 valence electrons. The van der Waals surface area contributed by atoms with Crippen LogP contribution < -0.4 is 10.6 Å². The third-order valence-electron chi connectivity index (χ3n) is 2.92. The van der Waals surface area contributed by atoms with Crippen molar-refractivity contribution in [3.63, 3.8) is 0 Å². The first-order chi connectivity index (χ1) is 7.79. The van der Waals surface area contributed by atoms with Gasteiger partial charge in [0.25, 0.3) is 0 Å². The molecule has 1 saturated heterocycles. The Labute approximate surface area is 95.2 Å². The van der Waals surface area contributed by atoms with Gasteiger partial charge in [-0.1, -0.05) is 0 Å². The fourth-order valence-corrected chi connectivity index (χ4v) is 1.98. The first-order valence-electron chi connectivity index (χ1n) is 5.78. The van der Waals surface area contributed by atoms with E-state index in [-0.39, 0.29) is 5.91 Å². The lowest BCUT2D eigenvalue weighted by molar-refractivity contribution is -0.119. The minimum atomic E-state index is 0.172. The average molecular weight is 222 g/mol. The molecule has 0 aromatic carbocycles. The van der Waals surface area contributed by atoms with Crippen molar-refractivity contribution < 1.29 is 4.79 Å². The quantitative estimate of drug-likeness (QED) is 0.752. The van der Waals surface area contributed by atoms with E-state index >= 15 is 0 Å². The predicted molar refractivity (Wildman–Crippen MR) is 60.8 cm³/mol. The minimum absolute atomic E-state index is 0.172. The molecule has 0 bridgehead atoms. The lowest BCUT2D eigenvalue weighted by atomic mass is 10.2. The predicted octanol–water partition coefficient (Wildman–Crippen LogP) is 0.271. The normalized spacial score (nSPS) is 20.1. The fourth-order valence-electron chi connectivity index (χ4n) is 1.98. The van der Waals surface area contributed by atoms with E-state index in [1.165, 1.54) is 5.69 Å². The summed E-state index contributed by atoms with van der Waals surface area (Å²) >= 11 is 0. The summed E-state index contributed by atoms with van der Waals surface area (Å²) in [5, 5.41) is 6.29. The van der Waals surface area contributed by atoms with Crippen LogP contribution in [0.5, 0.6) is 0 Å². The molecule has 0 spiro atoms. The highest BCUT2D eigenvalue weighted by Crippen LogP contribution is 2.05. The molecule has 0 saturated carbocycles. The molecule has 2 N–H and O–H groups in total. The standard InChI is InChI=1S/C11H18N4O/c1-2-15-8-13-7-10(15)6-12-5-9-3-4-11(16)14-9/h7-9,12H,2-6H2,1H3,(H,14,16). The van der Waals surface area contributed by atoms with Crippen molar-refractivity contribution in [2.75, 3.05) is 6.54 Å². The summed E-state index contributed by atoms with van der Waals surface area (Å²) in [6.07, 6.45) is 5.33. The van der Waals surface area contributed by atoms with Crippen LogP contribution in [-0.2, 0) is 17.9 Å². The van der Waals surface area contributed by atoms with Crippen LogP contribution >= 0.6 is 0 Å². The van der Waals surface area contributed by atoms with Gasteiger partial charge in [-0.15, -0.1) is 0 Å². The van der Waals surface area contributed by atoms with Crippen LogP contribution in [0.4, 0.5) is 0 Å². The molecule has 2 heterocycles. The molecule has 2 rings (SSSR count). The van der Waals surface area contributed by atoms with Crippen molar-refractivity contribution >= 4 is 5.91 Å². The Hall–Kier alpha value is -1.36. The number of rotatable bonds is 5. The molecule has 1 fully saturated rings. The number of aromatic nitrogens is 2. The van der Waals surface area contributed by atoms with Gasteiger partial charge in [0, 0.05) is 38.3 Å². The summed E-state index contributed by atoms with van der Waals surface area (Å²) in [6, 6.07) is 0.297. The average Bonchev–Trinajstić information content (AvgIpc) is 2.87. The molecule has 16 heavy (non-hydrogen) atoms. The van der Waals surface area contributed by atoms with E-state index in [2.05, 4.69) is 27.1 Å². The molecular formula is C11H18N4O. The molecule has 5 nitrogen and oxygen atoms in total. The van der Waals surface area contributed by atoms with Crippen molar-refractivity contribution in [3.8, 4) is 0 Å². The van der Waals surface area contributed by atoms with Crippen molar-refractivity contribution in [2.24, 2.45) is 0 Å². The first-order valence-corrected chi connectivity index (χ1v) is 5.78. The number of nitrogens with zero attached hydrogens (tertiary/aromatic N) is 2. The van der Waals surface area contributed by atoms with Gasteiger partial charge < -0.3 is 15.2 Å². The van der Waals surface area contributed by atoms with Crippen LogP contribution in [0, 0.1) is 0 Å². The Morgan fingerprint density at radius 1 is 1.69 bits per heavy atom. The van der Waals surface area contributed by atoms with Crippen LogP contribution in [0.3, 0.4) is 0 Å². The second-order valence-electron chi connectivity index (χ2n) is 4.11. The molecule has 1 aliphatic rings.